The fourth-order valence-corrected chi connectivity index (χ4v) is 1.66. The van der Waals surface area contributed by atoms with Gasteiger partial charge in [-0.15, -0.1) is 5.10 Å². The SMILES string of the molecule is CC(Nc1nnccc1C#N)c1ccc(C#N)cc1. The lowest BCUT2D eigenvalue weighted by Crippen LogP contribution is -2.09. The highest BCUT2D eigenvalue weighted by Crippen LogP contribution is 2.19. The number of aromatic nitrogens is 2. The molecule has 2 rings (SSSR count). The Morgan fingerprint density at radius 3 is 2.47 bits per heavy atom. The maximum absolute atomic E-state index is 8.98. The van der Waals surface area contributed by atoms with Crippen molar-refractivity contribution in [2.24, 2.45) is 0 Å². The maximum Gasteiger partial charge on any atom is 0.167 e. The first kappa shape index (κ1) is 12.5. The monoisotopic (exact) mass is 249 g/mol. The molecule has 92 valence electrons. The Morgan fingerprint density at radius 2 is 1.84 bits per heavy atom. The third-order valence-electron chi connectivity index (χ3n) is 2.73. The van der Waals surface area contributed by atoms with Crippen LogP contribution in [0.3, 0.4) is 0 Å². The highest BCUT2D eigenvalue weighted by molar-refractivity contribution is 5.51. The Balaban J connectivity index is 2.19. The van der Waals surface area contributed by atoms with E-state index in [1.54, 1.807) is 18.2 Å². The number of anilines is 1. The number of nitrogens with one attached hydrogen (secondary N) is 1. The summed E-state index contributed by atoms with van der Waals surface area (Å²) < 4.78 is 0. The van der Waals surface area contributed by atoms with Gasteiger partial charge in [0.15, 0.2) is 5.82 Å². The average Bonchev–Trinajstić information content (AvgIpc) is 2.48. The molecule has 5 heteroatoms. The fourth-order valence-electron chi connectivity index (χ4n) is 1.66. The van der Waals surface area contributed by atoms with E-state index in [4.69, 9.17) is 10.5 Å². The van der Waals surface area contributed by atoms with Crippen molar-refractivity contribution in [2.45, 2.75) is 13.0 Å². The van der Waals surface area contributed by atoms with E-state index in [0.29, 0.717) is 16.9 Å². The second kappa shape index (κ2) is 5.61. The maximum atomic E-state index is 8.98. The van der Waals surface area contributed by atoms with Gasteiger partial charge in [-0.05, 0) is 30.7 Å². The average molecular weight is 249 g/mol. The summed E-state index contributed by atoms with van der Waals surface area (Å²) in [5.74, 6) is 0.460. The molecule has 0 fully saturated rings. The van der Waals surface area contributed by atoms with Crippen LogP contribution in [0, 0.1) is 22.7 Å². The Kier molecular flexibility index (Phi) is 3.70. The highest BCUT2D eigenvalue weighted by Gasteiger charge is 2.09. The van der Waals surface area contributed by atoms with Crippen molar-refractivity contribution in [1.82, 2.24) is 10.2 Å². The zero-order chi connectivity index (χ0) is 13.7. The molecule has 1 N–H and O–H groups in total. The molecule has 0 amide bonds. The Morgan fingerprint density at radius 1 is 1.11 bits per heavy atom. The number of nitrogens with zero attached hydrogens (tertiary/aromatic N) is 4. The van der Waals surface area contributed by atoms with E-state index in [1.807, 2.05) is 19.1 Å². The molecule has 1 atom stereocenters. The summed E-state index contributed by atoms with van der Waals surface area (Å²) in [4.78, 5) is 0. The van der Waals surface area contributed by atoms with Crippen LogP contribution >= 0.6 is 0 Å². The summed E-state index contributed by atoms with van der Waals surface area (Å²) in [6, 6.07) is 13.0. The summed E-state index contributed by atoms with van der Waals surface area (Å²) >= 11 is 0. The van der Waals surface area contributed by atoms with Crippen molar-refractivity contribution in [3.8, 4) is 12.1 Å². The molecular formula is C14H11N5. The van der Waals surface area contributed by atoms with Gasteiger partial charge < -0.3 is 5.32 Å². The molecule has 1 heterocycles. The molecule has 1 aromatic heterocycles. The second-order valence-electron chi connectivity index (χ2n) is 4.01. The lowest BCUT2D eigenvalue weighted by Gasteiger charge is -2.15. The number of hydrogen-bond donors (Lipinski definition) is 1. The predicted octanol–water partition coefficient (Wildman–Crippen LogP) is 2.39. The van der Waals surface area contributed by atoms with E-state index in [2.05, 4.69) is 27.7 Å². The number of rotatable bonds is 3. The van der Waals surface area contributed by atoms with Crippen molar-refractivity contribution in [1.29, 1.82) is 10.5 Å². The number of hydrogen-bond acceptors (Lipinski definition) is 5. The van der Waals surface area contributed by atoms with Crippen molar-refractivity contribution in [3.05, 3.63) is 53.2 Å². The quantitative estimate of drug-likeness (QED) is 0.902. The van der Waals surface area contributed by atoms with Crippen molar-refractivity contribution in [3.63, 3.8) is 0 Å². The molecule has 0 saturated heterocycles. The molecule has 0 bridgehead atoms. The minimum atomic E-state index is -0.0310. The first-order valence-corrected chi connectivity index (χ1v) is 5.73. The van der Waals surface area contributed by atoms with Crippen LogP contribution < -0.4 is 5.32 Å². The van der Waals surface area contributed by atoms with Crippen molar-refractivity contribution >= 4 is 5.82 Å². The van der Waals surface area contributed by atoms with Crippen LogP contribution in [0.15, 0.2) is 36.5 Å². The normalized spacial score (nSPS) is 11.1. The van der Waals surface area contributed by atoms with Crippen LogP contribution in [0.25, 0.3) is 0 Å². The van der Waals surface area contributed by atoms with Gasteiger partial charge in [-0.2, -0.15) is 15.6 Å². The van der Waals surface area contributed by atoms with Gasteiger partial charge >= 0.3 is 0 Å². The molecule has 0 spiro atoms. The molecular weight excluding hydrogens is 238 g/mol. The van der Waals surface area contributed by atoms with Crippen LogP contribution in [0.5, 0.6) is 0 Å². The summed E-state index contributed by atoms with van der Waals surface area (Å²) in [5, 5.41) is 28.5. The predicted molar refractivity (Wildman–Crippen MR) is 69.9 cm³/mol. The number of nitriles is 2. The van der Waals surface area contributed by atoms with E-state index in [0.717, 1.165) is 5.56 Å². The summed E-state index contributed by atoms with van der Waals surface area (Å²) in [6.07, 6.45) is 1.48. The van der Waals surface area contributed by atoms with Gasteiger partial charge in [-0.25, -0.2) is 0 Å². The van der Waals surface area contributed by atoms with E-state index < -0.39 is 0 Å². The summed E-state index contributed by atoms with van der Waals surface area (Å²) in [5.41, 5.74) is 2.08. The second-order valence-corrected chi connectivity index (χ2v) is 4.01. The minimum Gasteiger partial charge on any atom is -0.361 e. The van der Waals surface area contributed by atoms with Gasteiger partial charge in [-0.1, -0.05) is 12.1 Å². The van der Waals surface area contributed by atoms with Gasteiger partial charge in [0.05, 0.1) is 29.4 Å². The van der Waals surface area contributed by atoms with E-state index in [1.165, 1.54) is 6.20 Å². The number of benzene rings is 1. The van der Waals surface area contributed by atoms with Crippen LogP contribution in [-0.4, -0.2) is 10.2 Å². The zero-order valence-electron chi connectivity index (χ0n) is 10.3. The van der Waals surface area contributed by atoms with Gasteiger partial charge in [0, 0.05) is 0 Å². The molecule has 5 nitrogen and oxygen atoms in total. The summed E-state index contributed by atoms with van der Waals surface area (Å²) in [6.45, 7) is 1.96. The lowest BCUT2D eigenvalue weighted by molar-refractivity contribution is 0.858. The topological polar surface area (TPSA) is 85.4 Å². The smallest absolute Gasteiger partial charge is 0.167 e. The molecule has 0 aliphatic rings. The van der Waals surface area contributed by atoms with E-state index in [-0.39, 0.29) is 6.04 Å². The third-order valence-corrected chi connectivity index (χ3v) is 2.73. The van der Waals surface area contributed by atoms with Gasteiger partial charge in [0.2, 0.25) is 0 Å². The minimum absolute atomic E-state index is 0.0310. The summed E-state index contributed by atoms with van der Waals surface area (Å²) in [7, 11) is 0. The largest absolute Gasteiger partial charge is 0.361 e. The molecule has 0 aliphatic heterocycles. The molecule has 2 aromatic rings. The van der Waals surface area contributed by atoms with Gasteiger partial charge in [0.1, 0.15) is 6.07 Å². The van der Waals surface area contributed by atoms with Gasteiger partial charge in [0.25, 0.3) is 0 Å². The highest BCUT2D eigenvalue weighted by atomic mass is 15.2. The Labute approximate surface area is 111 Å². The van der Waals surface area contributed by atoms with E-state index >= 15 is 0 Å². The Bertz CT molecular complexity index is 649. The van der Waals surface area contributed by atoms with Crippen LogP contribution in [-0.2, 0) is 0 Å². The Hall–Kier alpha value is -2.92. The van der Waals surface area contributed by atoms with Crippen LogP contribution in [0.1, 0.15) is 29.7 Å². The zero-order valence-corrected chi connectivity index (χ0v) is 10.3. The third kappa shape index (κ3) is 2.85. The molecule has 1 unspecified atom stereocenters. The van der Waals surface area contributed by atoms with Crippen molar-refractivity contribution < 1.29 is 0 Å². The molecule has 0 radical (unpaired) electrons. The lowest BCUT2D eigenvalue weighted by atomic mass is 10.1. The molecule has 0 saturated carbocycles. The molecule has 19 heavy (non-hydrogen) atoms. The fraction of sp³-hybridized carbons (Fsp3) is 0.143. The first-order chi connectivity index (χ1) is 9.24. The van der Waals surface area contributed by atoms with E-state index in [9.17, 15) is 0 Å². The van der Waals surface area contributed by atoms with Crippen LogP contribution in [0.2, 0.25) is 0 Å². The van der Waals surface area contributed by atoms with Crippen LogP contribution in [0.4, 0.5) is 5.82 Å². The molecule has 0 aliphatic carbocycles. The van der Waals surface area contributed by atoms with Crippen molar-refractivity contribution in [2.75, 3.05) is 5.32 Å². The standard InChI is InChI=1S/C14H11N5/c1-10(12-4-2-11(8-15)3-5-12)18-14-13(9-16)6-7-17-19-14/h2-7,10H,1H3,(H,18,19). The molecule has 1 aromatic carbocycles. The van der Waals surface area contributed by atoms with Gasteiger partial charge in [-0.3, -0.25) is 0 Å². The first-order valence-electron chi connectivity index (χ1n) is 5.73.